The molecule has 1 atom stereocenters. The number of aromatic nitrogens is 2. The summed E-state index contributed by atoms with van der Waals surface area (Å²) < 4.78 is 31.6. The first-order chi connectivity index (χ1) is 13.6. The molecule has 4 rings (SSSR count). The summed E-state index contributed by atoms with van der Waals surface area (Å²) in [5.41, 5.74) is 1.34. The second kappa shape index (κ2) is 7.88. The summed E-state index contributed by atoms with van der Waals surface area (Å²) in [6.45, 7) is 1.29. The maximum atomic E-state index is 13.3. The van der Waals surface area contributed by atoms with E-state index in [1.807, 2.05) is 0 Å². The van der Waals surface area contributed by atoms with Crippen molar-refractivity contribution in [2.24, 2.45) is 5.92 Å². The quantitative estimate of drug-likeness (QED) is 0.675. The van der Waals surface area contributed by atoms with Gasteiger partial charge in [-0.1, -0.05) is 17.3 Å². The topological polar surface area (TPSA) is 59.2 Å². The van der Waals surface area contributed by atoms with Gasteiger partial charge in [0.25, 0.3) is 5.89 Å². The van der Waals surface area contributed by atoms with Crippen LogP contribution >= 0.6 is 0 Å². The van der Waals surface area contributed by atoms with E-state index in [1.54, 1.807) is 29.2 Å². The molecule has 1 fully saturated rings. The summed E-state index contributed by atoms with van der Waals surface area (Å²) >= 11 is 0. The molecule has 0 bridgehead atoms. The number of carbonyl (C=O) groups excluding carboxylic acids is 1. The lowest BCUT2D eigenvalue weighted by molar-refractivity contribution is -0.129. The molecule has 2 aromatic carbocycles. The van der Waals surface area contributed by atoms with Crippen molar-refractivity contribution >= 4 is 5.91 Å². The molecule has 0 N–H and O–H groups in total. The van der Waals surface area contributed by atoms with Crippen molar-refractivity contribution in [1.82, 2.24) is 15.0 Å². The zero-order chi connectivity index (χ0) is 19.5. The average Bonchev–Trinajstić information content (AvgIpc) is 3.33. The monoisotopic (exact) mass is 383 g/mol. The number of likely N-dealkylation sites (tertiary alicyclic amines) is 1. The molecule has 0 aliphatic carbocycles. The fraction of sp³-hybridized carbons (Fsp3) is 0.286. The second-order valence-electron chi connectivity index (χ2n) is 7.03. The smallest absolute Gasteiger partial charge is 0.257 e. The Balaban J connectivity index is 1.33. The van der Waals surface area contributed by atoms with Crippen molar-refractivity contribution in [1.29, 1.82) is 0 Å². The summed E-state index contributed by atoms with van der Waals surface area (Å²) in [6.07, 6.45) is 1.66. The van der Waals surface area contributed by atoms with Gasteiger partial charge in [-0.15, -0.1) is 0 Å². The van der Waals surface area contributed by atoms with Crippen LogP contribution in [-0.2, 0) is 17.6 Å². The molecule has 144 valence electrons. The third kappa shape index (κ3) is 4.24. The van der Waals surface area contributed by atoms with E-state index in [9.17, 15) is 13.6 Å². The van der Waals surface area contributed by atoms with Gasteiger partial charge in [-0.2, -0.15) is 4.98 Å². The predicted molar refractivity (Wildman–Crippen MR) is 98.2 cm³/mol. The normalized spacial score (nSPS) is 16.5. The van der Waals surface area contributed by atoms with Gasteiger partial charge in [-0.25, -0.2) is 8.78 Å². The van der Waals surface area contributed by atoms with E-state index in [0.717, 1.165) is 6.42 Å². The van der Waals surface area contributed by atoms with Crippen LogP contribution in [0.5, 0.6) is 0 Å². The Morgan fingerprint density at radius 3 is 2.75 bits per heavy atom. The first-order valence-electron chi connectivity index (χ1n) is 9.17. The lowest BCUT2D eigenvalue weighted by Crippen LogP contribution is -2.30. The number of rotatable bonds is 5. The maximum absolute atomic E-state index is 13.3. The molecule has 1 aliphatic rings. The molecule has 1 aromatic heterocycles. The first kappa shape index (κ1) is 18.3. The minimum Gasteiger partial charge on any atom is -0.342 e. The number of nitrogens with zero attached hydrogens (tertiary/aromatic N) is 3. The third-order valence-electron chi connectivity index (χ3n) is 4.91. The van der Waals surface area contributed by atoms with Crippen molar-refractivity contribution < 1.29 is 18.1 Å². The maximum Gasteiger partial charge on any atom is 0.257 e. The van der Waals surface area contributed by atoms with E-state index >= 15 is 0 Å². The van der Waals surface area contributed by atoms with E-state index in [1.165, 1.54) is 24.3 Å². The fourth-order valence-electron chi connectivity index (χ4n) is 3.46. The van der Waals surface area contributed by atoms with Crippen LogP contribution in [0.25, 0.3) is 11.5 Å². The zero-order valence-corrected chi connectivity index (χ0v) is 15.1. The SMILES string of the molecule is O=C(Cc1cccc(F)c1)N1CCC(Cc2noc(-c3ccc(F)cc3)n2)C1. The van der Waals surface area contributed by atoms with E-state index in [0.29, 0.717) is 42.4 Å². The van der Waals surface area contributed by atoms with Crippen LogP contribution in [0.4, 0.5) is 8.78 Å². The van der Waals surface area contributed by atoms with Crippen molar-refractivity contribution in [3.05, 3.63) is 71.6 Å². The second-order valence-corrected chi connectivity index (χ2v) is 7.03. The van der Waals surface area contributed by atoms with Gasteiger partial charge in [-0.05, 0) is 54.3 Å². The van der Waals surface area contributed by atoms with Crippen molar-refractivity contribution in [2.75, 3.05) is 13.1 Å². The Morgan fingerprint density at radius 1 is 1.14 bits per heavy atom. The Morgan fingerprint density at radius 2 is 1.96 bits per heavy atom. The number of carbonyl (C=O) groups is 1. The zero-order valence-electron chi connectivity index (χ0n) is 15.1. The van der Waals surface area contributed by atoms with Gasteiger partial charge in [0.05, 0.1) is 6.42 Å². The van der Waals surface area contributed by atoms with Crippen LogP contribution in [0.2, 0.25) is 0 Å². The molecule has 5 nitrogen and oxygen atoms in total. The van der Waals surface area contributed by atoms with Crippen LogP contribution in [0, 0.1) is 17.6 Å². The summed E-state index contributed by atoms with van der Waals surface area (Å²) in [7, 11) is 0. The van der Waals surface area contributed by atoms with Crippen LogP contribution in [0.15, 0.2) is 53.1 Å². The molecular formula is C21H19F2N3O2. The van der Waals surface area contributed by atoms with Crippen LogP contribution in [-0.4, -0.2) is 34.0 Å². The van der Waals surface area contributed by atoms with Gasteiger partial charge < -0.3 is 9.42 Å². The standard InChI is InChI=1S/C21H19F2N3O2/c22-17-6-4-16(5-7-17)21-24-19(25-28-21)11-15-8-9-26(13-15)20(27)12-14-2-1-3-18(23)10-14/h1-7,10,15H,8-9,11-13H2. The van der Waals surface area contributed by atoms with Crippen LogP contribution in [0.3, 0.4) is 0 Å². The molecule has 2 heterocycles. The Labute approximate surface area is 161 Å². The summed E-state index contributed by atoms with van der Waals surface area (Å²) in [6, 6.07) is 12.0. The molecule has 0 saturated carbocycles. The molecule has 1 amide bonds. The molecule has 0 radical (unpaired) electrons. The van der Waals surface area contributed by atoms with Gasteiger partial charge in [-0.3, -0.25) is 4.79 Å². The highest BCUT2D eigenvalue weighted by Gasteiger charge is 2.27. The van der Waals surface area contributed by atoms with Gasteiger partial charge in [0.15, 0.2) is 5.82 Å². The third-order valence-corrected chi connectivity index (χ3v) is 4.91. The van der Waals surface area contributed by atoms with Crippen LogP contribution < -0.4 is 0 Å². The van der Waals surface area contributed by atoms with Crippen molar-refractivity contribution in [3.8, 4) is 11.5 Å². The minimum absolute atomic E-state index is 0.00628. The Bertz CT molecular complexity index is 972. The molecule has 1 aliphatic heterocycles. The number of benzene rings is 2. The van der Waals surface area contributed by atoms with E-state index in [2.05, 4.69) is 10.1 Å². The van der Waals surface area contributed by atoms with Gasteiger partial charge in [0.2, 0.25) is 5.91 Å². The summed E-state index contributed by atoms with van der Waals surface area (Å²) in [4.78, 5) is 18.6. The molecule has 7 heteroatoms. The molecule has 0 spiro atoms. The Hall–Kier alpha value is -3.09. The van der Waals surface area contributed by atoms with E-state index < -0.39 is 0 Å². The van der Waals surface area contributed by atoms with Gasteiger partial charge in [0, 0.05) is 25.1 Å². The highest BCUT2D eigenvalue weighted by atomic mass is 19.1. The number of hydrogen-bond donors (Lipinski definition) is 0. The number of amides is 1. The predicted octanol–water partition coefficient (Wildman–Crippen LogP) is 3.65. The molecule has 1 unspecified atom stereocenters. The number of hydrogen-bond acceptors (Lipinski definition) is 4. The van der Waals surface area contributed by atoms with Crippen molar-refractivity contribution in [2.45, 2.75) is 19.3 Å². The van der Waals surface area contributed by atoms with E-state index in [-0.39, 0.29) is 29.9 Å². The van der Waals surface area contributed by atoms with Crippen molar-refractivity contribution in [3.63, 3.8) is 0 Å². The molecule has 28 heavy (non-hydrogen) atoms. The highest BCUT2D eigenvalue weighted by Crippen LogP contribution is 2.23. The largest absolute Gasteiger partial charge is 0.342 e. The van der Waals surface area contributed by atoms with Gasteiger partial charge >= 0.3 is 0 Å². The molecule has 3 aromatic rings. The fourth-order valence-corrected chi connectivity index (χ4v) is 3.46. The first-order valence-corrected chi connectivity index (χ1v) is 9.17. The molecular weight excluding hydrogens is 364 g/mol. The summed E-state index contributed by atoms with van der Waals surface area (Å²) in [5.74, 6) is 0.509. The van der Waals surface area contributed by atoms with Crippen LogP contribution in [0.1, 0.15) is 17.8 Å². The Kier molecular flexibility index (Phi) is 5.14. The van der Waals surface area contributed by atoms with Gasteiger partial charge in [0.1, 0.15) is 11.6 Å². The molecule has 1 saturated heterocycles. The van der Waals surface area contributed by atoms with E-state index in [4.69, 9.17) is 4.52 Å². The average molecular weight is 383 g/mol. The summed E-state index contributed by atoms with van der Waals surface area (Å²) in [5, 5.41) is 4.00. The lowest BCUT2D eigenvalue weighted by Gasteiger charge is -2.16. The highest BCUT2D eigenvalue weighted by molar-refractivity contribution is 5.79. The lowest BCUT2D eigenvalue weighted by atomic mass is 10.0. The minimum atomic E-state index is -0.335. The number of halogens is 2.